The molecule has 3 nitrogen and oxygen atoms in total. The van der Waals surface area contributed by atoms with Gasteiger partial charge in [0.25, 0.3) is 0 Å². The molecule has 1 rings (SSSR count). The highest BCUT2D eigenvalue weighted by Gasteiger charge is 2.12. The van der Waals surface area contributed by atoms with E-state index in [1.807, 2.05) is 6.92 Å². The first-order valence-corrected chi connectivity index (χ1v) is 7.62. The fourth-order valence-corrected chi connectivity index (χ4v) is 2.38. The lowest BCUT2D eigenvalue weighted by molar-refractivity contribution is -0.122. The molecule has 1 aromatic carbocycles. The van der Waals surface area contributed by atoms with Crippen LogP contribution < -0.4 is 11.1 Å². The quantitative estimate of drug-likeness (QED) is 0.765. The highest BCUT2D eigenvalue weighted by molar-refractivity contribution is 5.76. The molecule has 2 atom stereocenters. The Labute approximate surface area is 122 Å². The molecule has 2 unspecified atom stereocenters. The minimum absolute atomic E-state index is 0.0673. The zero-order valence-corrected chi connectivity index (χ0v) is 13.0. The summed E-state index contributed by atoms with van der Waals surface area (Å²) in [6.45, 7) is 6.96. The van der Waals surface area contributed by atoms with E-state index in [1.54, 1.807) is 0 Å². The third-order valence-corrected chi connectivity index (χ3v) is 3.89. The smallest absolute Gasteiger partial charge is 0.220 e. The van der Waals surface area contributed by atoms with Crippen LogP contribution in [0.1, 0.15) is 56.7 Å². The molecule has 20 heavy (non-hydrogen) atoms. The van der Waals surface area contributed by atoms with E-state index in [2.05, 4.69) is 43.4 Å². The van der Waals surface area contributed by atoms with Gasteiger partial charge in [0.05, 0.1) is 6.04 Å². The predicted octanol–water partition coefficient (Wildman–Crippen LogP) is 3.33. The monoisotopic (exact) mass is 276 g/mol. The first-order chi connectivity index (χ1) is 9.56. The Morgan fingerprint density at radius 2 is 1.90 bits per heavy atom. The third kappa shape index (κ3) is 5.74. The number of nitrogens with one attached hydrogen (secondary N) is 1. The summed E-state index contributed by atoms with van der Waals surface area (Å²) in [6, 6.07) is 8.36. The van der Waals surface area contributed by atoms with Gasteiger partial charge >= 0.3 is 0 Å². The van der Waals surface area contributed by atoms with Crippen molar-refractivity contribution in [2.75, 3.05) is 6.54 Å². The van der Waals surface area contributed by atoms with E-state index in [9.17, 15) is 4.79 Å². The number of amides is 1. The van der Waals surface area contributed by atoms with Crippen LogP contribution in [-0.4, -0.2) is 12.5 Å². The van der Waals surface area contributed by atoms with Crippen molar-refractivity contribution < 1.29 is 4.79 Å². The molecular formula is C17H28N2O. The molecule has 0 saturated heterocycles. The van der Waals surface area contributed by atoms with Crippen molar-refractivity contribution in [2.24, 2.45) is 11.7 Å². The van der Waals surface area contributed by atoms with Crippen molar-refractivity contribution in [2.45, 2.75) is 52.5 Å². The SMILES string of the molecule is CCC(CCN)CCC(=O)NC(C)c1ccc(C)cc1. The summed E-state index contributed by atoms with van der Waals surface area (Å²) in [5.74, 6) is 0.703. The molecule has 0 radical (unpaired) electrons. The van der Waals surface area contributed by atoms with Gasteiger partial charge in [0.15, 0.2) is 0 Å². The van der Waals surface area contributed by atoms with Gasteiger partial charge < -0.3 is 11.1 Å². The second-order valence-corrected chi connectivity index (χ2v) is 5.59. The molecule has 1 amide bonds. The topological polar surface area (TPSA) is 55.1 Å². The number of hydrogen-bond donors (Lipinski definition) is 2. The van der Waals surface area contributed by atoms with E-state index < -0.39 is 0 Å². The van der Waals surface area contributed by atoms with Crippen molar-refractivity contribution in [1.29, 1.82) is 0 Å². The van der Waals surface area contributed by atoms with Crippen LogP contribution in [0, 0.1) is 12.8 Å². The van der Waals surface area contributed by atoms with Gasteiger partial charge in [0.2, 0.25) is 5.91 Å². The summed E-state index contributed by atoms with van der Waals surface area (Å²) in [7, 11) is 0. The second-order valence-electron chi connectivity index (χ2n) is 5.59. The second kappa shape index (κ2) is 8.75. The molecule has 0 aromatic heterocycles. The van der Waals surface area contributed by atoms with Crippen LogP contribution in [-0.2, 0) is 4.79 Å². The minimum Gasteiger partial charge on any atom is -0.350 e. The Morgan fingerprint density at radius 1 is 1.25 bits per heavy atom. The minimum atomic E-state index is 0.0673. The van der Waals surface area contributed by atoms with E-state index in [4.69, 9.17) is 5.73 Å². The fraction of sp³-hybridized carbons (Fsp3) is 0.588. The van der Waals surface area contributed by atoms with E-state index in [1.165, 1.54) is 5.56 Å². The van der Waals surface area contributed by atoms with E-state index in [-0.39, 0.29) is 11.9 Å². The molecule has 0 saturated carbocycles. The lowest BCUT2D eigenvalue weighted by Crippen LogP contribution is -2.27. The van der Waals surface area contributed by atoms with Gasteiger partial charge in [-0.3, -0.25) is 4.79 Å². The number of benzene rings is 1. The van der Waals surface area contributed by atoms with Crippen LogP contribution in [0.3, 0.4) is 0 Å². The Hall–Kier alpha value is -1.35. The molecule has 112 valence electrons. The first kappa shape index (κ1) is 16.7. The molecule has 0 bridgehead atoms. The highest BCUT2D eigenvalue weighted by atomic mass is 16.1. The molecule has 0 aliphatic heterocycles. The van der Waals surface area contributed by atoms with Crippen molar-refractivity contribution in [3.8, 4) is 0 Å². The molecule has 1 aromatic rings. The lowest BCUT2D eigenvalue weighted by Gasteiger charge is -2.17. The Bertz CT molecular complexity index is 400. The maximum absolute atomic E-state index is 12.0. The summed E-state index contributed by atoms with van der Waals surface area (Å²) < 4.78 is 0. The molecule has 0 spiro atoms. The molecular weight excluding hydrogens is 248 g/mol. The average molecular weight is 276 g/mol. The first-order valence-electron chi connectivity index (χ1n) is 7.62. The molecule has 0 aliphatic rings. The van der Waals surface area contributed by atoms with Crippen LogP contribution in [0.25, 0.3) is 0 Å². The number of nitrogens with two attached hydrogens (primary N) is 1. The molecule has 0 aliphatic carbocycles. The zero-order valence-electron chi connectivity index (χ0n) is 13.0. The summed E-state index contributed by atoms with van der Waals surface area (Å²) in [5, 5.41) is 3.07. The normalized spacial score (nSPS) is 13.8. The van der Waals surface area contributed by atoms with Crippen molar-refractivity contribution >= 4 is 5.91 Å². The van der Waals surface area contributed by atoms with Crippen molar-refractivity contribution in [3.05, 3.63) is 35.4 Å². The van der Waals surface area contributed by atoms with Gasteiger partial charge in [-0.2, -0.15) is 0 Å². The lowest BCUT2D eigenvalue weighted by atomic mass is 9.96. The number of aryl methyl sites for hydroxylation is 1. The van der Waals surface area contributed by atoms with Gasteiger partial charge in [0.1, 0.15) is 0 Å². The van der Waals surface area contributed by atoms with Crippen LogP contribution in [0.5, 0.6) is 0 Å². The molecule has 3 N–H and O–H groups in total. The number of hydrogen-bond acceptors (Lipinski definition) is 2. The summed E-state index contributed by atoms with van der Waals surface area (Å²) in [4.78, 5) is 12.0. The van der Waals surface area contributed by atoms with Gasteiger partial charge in [-0.05, 0) is 44.7 Å². The molecule has 0 heterocycles. The number of carbonyl (C=O) groups is 1. The maximum Gasteiger partial charge on any atom is 0.220 e. The Morgan fingerprint density at radius 3 is 2.45 bits per heavy atom. The standard InChI is InChI=1S/C17H28N2O/c1-4-15(11-12-18)7-10-17(20)19-14(3)16-8-5-13(2)6-9-16/h5-6,8-9,14-15H,4,7,10-12,18H2,1-3H3,(H,19,20). The van der Waals surface area contributed by atoms with Gasteiger partial charge in [0, 0.05) is 6.42 Å². The fourth-order valence-electron chi connectivity index (χ4n) is 2.38. The molecule has 3 heteroatoms. The van der Waals surface area contributed by atoms with Crippen molar-refractivity contribution in [3.63, 3.8) is 0 Å². The number of carbonyl (C=O) groups excluding carboxylic acids is 1. The van der Waals surface area contributed by atoms with E-state index in [0.29, 0.717) is 18.9 Å². The summed E-state index contributed by atoms with van der Waals surface area (Å²) in [6.07, 6.45) is 3.63. The summed E-state index contributed by atoms with van der Waals surface area (Å²) in [5.41, 5.74) is 7.97. The van der Waals surface area contributed by atoms with E-state index >= 15 is 0 Å². The highest BCUT2D eigenvalue weighted by Crippen LogP contribution is 2.16. The summed E-state index contributed by atoms with van der Waals surface area (Å²) >= 11 is 0. The Kier molecular flexibility index (Phi) is 7.31. The third-order valence-electron chi connectivity index (χ3n) is 3.89. The predicted molar refractivity (Wildman–Crippen MR) is 84.4 cm³/mol. The molecule has 0 fully saturated rings. The van der Waals surface area contributed by atoms with Crippen LogP contribution in [0.2, 0.25) is 0 Å². The largest absolute Gasteiger partial charge is 0.350 e. The number of rotatable bonds is 8. The van der Waals surface area contributed by atoms with Gasteiger partial charge in [-0.15, -0.1) is 0 Å². The van der Waals surface area contributed by atoms with Gasteiger partial charge in [-0.25, -0.2) is 0 Å². The van der Waals surface area contributed by atoms with Crippen molar-refractivity contribution in [1.82, 2.24) is 5.32 Å². The van der Waals surface area contributed by atoms with Crippen LogP contribution in [0.4, 0.5) is 0 Å². The zero-order chi connectivity index (χ0) is 15.0. The maximum atomic E-state index is 12.0. The van der Waals surface area contributed by atoms with Crippen LogP contribution >= 0.6 is 0 Å². The van der Waals surface area contributed by atoms with Gasteiger partial charge in [-0.1, -0.05) is 43.2 Å². The van der Waals surface area contributed by atoms with Crippen LogP contribution in [0.15, 0.2) is 24.3 Å². The van der Waals surface area contributed by atoms with E-state index in [0.717, 1.165) is 24.8 Å². The average Bonchev–Trinajstić information content (AvgIpc) is 2.44. The Balaban J connectivity index is 2.39.